The molecule has 2 aliphatic rings. The molecule has 2 aromatic rings. The van der Waals surface area contributed by atoms with Gasteiger partial charge in [0.15, 0.2) is 0 Å². The molecule has 1 aliphatic heterocycles. The van der Waals surface area contributed by atoms with Crippen LogP contribution in [0.4, 0.5) is 0 Å². The minimum Gasteiger partial charge on any atom is -0.327 e. The van der Waals surface area contributed by atoms with Crippen LogP contribution in [0.5, 0.6) is 0 Å². The van der Waals surface area contributed by atoms with E-state index in [1.807, 2.05) is 6.07 Å². The Balaban J connectivity index is 1.44. The van der Waals surface area contributed by atoms with Crippen LogP contribution in [0.25, 0.3) is 5.69 Å². The van der Waals surface area contributed by atoms with E-state index in [0.717, 1.165) is 5.69 Å². The molecule has 126 valence electrons. The Labute approximate surface area is 143 Å². The van der Waals surface area contributed by atoms with Crippen molar-refractivity contribution >= 4 is 11.8 Å². The average molecular weight is 337 g/mol. The average Bonchev–Trinajstić information content (AvgIpc) is 3.23. The Hall–Kier alpha value is -3.28. The first-order chi connectivity index (χ1) is 12.1. The van der Waals surface area contributed by atoms with E-state index in [9.17, 15) is 14.9 Å². The molecule has 4 rings (SSSR count). The number of carbonyl (C=O) groups excluding carboxylic acids is 2. The number of amides is 2. The number of nitrogens with zero attached hydrogens (tertiary/aromatic N) is 7. The SMILES string of the molecule is N#CC1(N2CCN(Cc3ccc(-n4ccnn4)cn3)C(=O)C2=O)CC1. The number of hydrogen-bond acceptors (Lipinski definition) is 6. The van der Waals surface area contributed by atoms with Crippen molar-refractivity contribution < 1.29 is 9.59 Å². The maximum atomic E-state index is 12.4. The zero-order chi connectivity index (χ0) is 17.4. The van der Waals surface area contributed by atoms with Crippen LogP contribution in [0.15, 0.2) is 30.7 Å². The largest absolute Gasteiger partial charge is 0.327 e. The summed E-state index contributed by atoms with van der Waals surface area (Å²) in [5, 5.41) is 16.9. The number of pyridine rings is 1. The summed E-state index contributed by atoms with van der Waals surface area (Å²) in [5.41, 5.74) is 0.689. The first-order valence-corrected chi connectivity index (χ1v) is 7.97. The molecule has 0 unspecified atom stereocenters. The third kappa shape index (κ3) is 2.61. The quantitative estimate of drug-likeness (QED) is 0.720. The van der Waals surface area contributed by atoms with E-state index in [2.05, 4.69) is 21.4 Å². The Kier molecular flexibility index (Phi) is 3.46. The first kappa shape index (κ1) is 15.3. The van der Waals surface area contributed by atoms with Gasteiger partial charge in [0.05, 0.1) is 42.6 Å². The van der Waals surface area contributed by atoms with Gasteiger partial charge in [0.25, 0.3) is 0 Å². The van der Waals surface area contributed by atoms with Crippen LogP contribution in [-0.4, -0.2) is 60.2 Å². The Morgan fingerprint density at radius 3 is 2.64 bits per heavy atom. The van der Waals surface area contributed by atoms with Crippen molar-refractivity contribution in [3.05, 3.63) is 36.4 Å². The standard InChI is InChI=1S/C16H15N7O2/c17-11-16(3-4-16)22-8-7-21(14(24)15(22)25)10-12-1-2-13(9-18-12)23-6-5-19-20-23/h1-2,5-6,9H,3-4,7-8,10H2. The number of carbonyl (C=O) groups is 2. The number of nitriles is 1. The monoisotopic (exact) mass is 337 g/mol. The molecule has 0 bridgehead atoms. The van der Waals surface area contributed by atoms with Gasteiger partial charge in [-0.3, -0.25) is 14.6 Å². The second-order valence-electron chi connectivity index (χ2n) is 6.18. The molecule has 0 radical (unpaired) electrons. The van der Waals surface area contributed by atoms with E-state index in [0.29, 0.717) is 31.6 Å². The van der Waals surface area contributed by atoms with E-state index >= 15 is 0 Å². The smallest absolute Gasteiger partial charge is 0.313 e. The number of rotatable bonds is 4. The molecule has 2 fully saturated rings. The molecule has 0 spiro atoms. The van der Waals surface area contributed by atoms with Crippen molar-refractivity contribution in [3.63, 3.8) is 0 Å². The van der Waals surface area contributed by atoms with Gasteiger partial charge >= 0.3 is 11.8 Å². The van der Waals surface area contributed by atoms with Gasteiger partial charge in [-0.2, -0.15) is 5.26 Å². The van der Waals surface area contributed by atoms with Crippen molar-refractivity contribution in [1.82, 2.24) is 29.8 Å². The lowest BCUT2D eigenvalue weighted by atomic mass is 10.2. The predicted molar refractivity (Wildman–Crippen MR) is 83.9 cm³/mol. The first-order valence-electron chi connectivity index (χ1n) is 7.97. The summed E-state index contributed by atoms with van der Waals surface area (Å²) in [6, 6.07) is 5.78. The number of hydrogen-bond donors (Lipinski definition) is 0. The maximum absolute atomic E-state index is 12.4. The summed E-state index contributed by atoms with van der Waals surface area (Å²) in [5.74, 6) is -1.17. The number of aromatic nitrogens is 4. The predicted octanol–water partition coefficient (Wildman–Crippen LogP) is -0.111. The highest BCUT2D eigenvalue weighted by Gasteiger charge is 2.54. The second kappa shape index (κ2) is 5.66. The van der Waals surface area contributed by atoms with Crippen LogP contribution in [0.2, 0.25) is 0 Å². The summed E-state index contributed by atoms with van der Waals surface area (Å²) >= 11 is 0. The third-order valence-corrected chi connectivity index (χ3v) is 4.61. The van der Waals surface area contributed by atoms with Gasteiger partial charge in [-0.05, 0) is 25.0 Å². The van der Waals surface area contributed by atoms with Crippen molar-refractivity contribution in [2.45, 2.75) is 24.9 Å². The van der Waals surface area contributed by atoms with Crippen LogP contribution < -0.4 is 0 Å². The highest BCUT2D eigenvalue weighted by molar-refractivity contribution is 6.35. The Morgan fingerprint density at radius 2 is 2.04 bits per heavy atom. The normalized spacial score (nSPS) is 19.0. The maximum Gasteiger partial charge on any atom is 0.313 e. The molecule has 1 saturated carbocycles. The van der Waals surface area contributed by atoms with Crippen molar-refractivity contribution in [2.75, 3.05) is 13.1 Å². The van der Waals surface area contributed by atoms with E-state index in [1.54, 1.807) is 29.3 Å². The molecule has 2 aromatic heterocycles. The van der Waals surface area contributed by atoms with Gasteiger partial charge in [-0.1, -0.05) is 5.21 Å². The minimum atomic E-state index is -0.753. The minimum absolute atomic E-state index is 0.260. The third-order valence-electron chi connectivity index (χ3n) is 4.61. The summed E-state index contributed by atoms with van der Waals surface area (Å²) in [4.78, 5) is 31.9. The lowest BCUT2D eigenvalue weighted by Gasteiger charge is -2.36. The van der Waals surface area contributed by atoms with Gasteiger partial charge in [0.1, 0.15) is 5.54 Å². The second-order valence-corrected chi connectivity index (χ2v) is 6.18. The van der Waals surface area contributed by atoms with Gasteiger partial charge < -0.3 is 9.80 Å². The van der Waals surface area contributed by atoms with E-state index < -0.39 is 17.4 Å². The van der Waals surface area contributed by atoms with Gasteiger partial charge in [-0.25, -0.2) is 4.68 Å². The summed E-state index contributed by atoms with van der Waals surface area (Å²) in [6.45, 7) is 1.05. The molecular formula is C16H15N7O2. The topological polar surface area (TPSA) is 108 Å². The molecule has 9 heteroatoms. The molecule has 1 saturated heterocycles. The van der Waals surface area contributed by atoms with E-state index in [1.165, 1.54) is 9.80 Å². The van der Waals surface area contributed by atoms with Crippen LogP contribution in [0, 0.1) is 11.3 Å². The van der Waals surface area contributed by atoms with Crippen LogP contribution in [-0.2, 0) is 16.1 Å². The van der Waals surface area contributed by atoms with Crippen molar-refractivity contribution in [1.29, 1.82) is 5.26 Å². The van der Waals surface area contributed by atoms with Gasteiger partial charge in [0, 0.05) is 13.1 Å². The molecule has 0 N–H and O–H groups in total. The fourth-order valence-corrected chi connectivity index (χ4v) is 2.98. The molecular weight excluding hydrogens is 322 g/mol. The van der Waals surface area contributed by atoms with Crippen LogP contribution in [0.3, 0.4) is 0 Å². The lowest BCUT2D eigenvalue weighted by Crippen LogP contribution is -2.57. The number of piperazine rings is 1. The van der Waals surface area contributed by atoms with Gasteiger partial charge in [-0.15, -0.1) is 5.10 Å². The molecule has 9 nitrogen and oxygen atoms in total. The van der Waals surface area contributed by atoms with E-state index in [-0.39, 0.29) is 6.54 Å². The lowest BCUT2D eigenvalue weighted by molar-refractivity contribution is -0.158. The molecule has 3 heterocycles. The highest BCUT2D eigenvalue weighted by atomic mass is 16.2. The van der Waals surface area contributed by atoms with Crippen LogP contribution in [0.1, 0.15) is 18.5 Å². The zero-order valence-corrected chi connectivity index (χ0v) is 13.4. The molecule has 1 aliphatic carbocycles. The Bertz CT molecular complexity index is 850. The zero-order valence-electron chi connectivity index (χ0n) is 13.4. The molecule has 25 heavy (non-hydrogen) atoms. The fourth-order valence-electron chi connectivity index (χ4n) is 2.98. The molecule has 2 amide bonds. The fraction of sp³-hybridized carbons (Fsp3) is 0.375. The summed E-state index contributed by atoms with van der Waals surface area (Å²) in [6.07, 6.45) is 6.22. The van der Waals surface area contributed by atoms with Crippen molar-refractivity contribution in [2.24, 2.45) is 0 Å². The highest BCUT2D eigenvalue weighted by Crippen LogP contribution is 2.41. The summed E-state index contributed by atoms with van der Waals surface area (Å²) < 4.78 is 1.58. The molecule has 0 atom stereocenters. The van der Waals surface area contributed by atoms with Crippen molar-refractivity contribution in [3.8, 4) is 11.8 Å². The van der Waals surface area contributed by atoms with Crippen LogP contribution >= 0.6 is 0 Å². The summed E-state index contributed by atoms with van der Waals surface area (Å²) in [7, 11) is 0. The van der Waals surface area contributed by atoms with Gasteiger partial charge in [0.2, 0.25) is 0 Å². The Morgan fingerprint density at radius 1 is 1.20 bits per heavy atom. The van der Waals surface area contributed by atoms with E-state index in [4.69, 9.17) is 0 Å². The molecule has 0 aromatic carbocycles.